The van der Waals surface area contributed by atoms with Gasteiger partial charge in [-0.2, -0.15) is 10.2 Å². The first-order valence-corrected chi connectivity index (χ1v) is 11.3. The van der Waals surface area contributed by atoms with Gasteiger partial charge in [0.25, 0.3) is 0 Å². The molecule has 33 heavy (non-hydrogen) atoms. The lowest BCUT2D eigenvalue weighted by molar-refractivity contribution is -2.00. The third-order valence-corrected chi connectivity index (χ3v) is 2.88. The standard InChI is InChI=1S/C17H30N6.2ClHO4/c1-20(2)10-14(11-21(3)4)16-9-17(19-18-16)15(12-22(5)6)13-23(7)8;2*2-1(3,4)5/h10-13H,9H2,1-8H3;2*(H,2,3,4,5)/q+2;;/p-2. The predicted octanol–water partition coefficient (Wildman–Crippen LogP) is -8.75. The minimum atomic E-state index is -4.94. The predicted molar refractivity (Wildman–Crippen MR) is 99.4 cm³/mol. The lowest BCUT2D eigenvalue weighted by atomic mass is 10.0. The Bertz CT molecular complexity index is 723. The van der Waals surface area contributed by atoms with Crippen molar-refractivity contribution in [3.8, 4) is 0 Å². The monoisotopic (exact) mass is 516 g/mol. The van der Waals surface area contributed by atoms with Gasteiger partial charge in [0, 0.05) is 47.0 Å². The first-order valence-electron chi connectivity index (χ1n) is 8.85. The highest BCUT2D eigenvalue weighted by molar-refractivity contribution is 6.29. The summed E-state index contributed by atoms with van der Waals surface area (Å²) in [6.45, 7) is 0. The van der Waals surface area contributed by atoms with Crippen LogP contribution >= 0.6 is 0 Å². The van der Waals surface area contributed by atoms with Crippen molar-refractivity contribution >= 4 is 23.9 Å². The molecule has 1 rings (SSSR count). The van der Waals surface area contributed by atoms with E-state index in [4.69, 9.17) is 37.3 Å². The summed E-state index contributed by atoms with van der Waals surface area (Å²) in [5.74, 6) is 0. The van der Waals surface area contributed by atoms with Crippen LogP contribution in [0.4, 0.5) is 0 Å². The van der Waals surface area contributed by atoms with E-state index < -0.39 is 20.5 Å². The van der Waals surface area contributed by atoms with Crippen LogP contribution in [0.2, 0.25) is 0 Å². The molecular weight excluding hydrogens is 487 g/mol. The zero-order chi connectivity index (χ0) is 26.6. The molecule has 1 aliphatic heterocycles. The van der Waals surface area contributed by atoms with Crippen LogP contribution < -0.4 is 37.3 Å². The number of hydrogen-bond acceptors (Lipinski definition) is 12. The van der Waals surface area contributed by atoms with E-state index in [-0.39, 0.29) is 0 Å². The van der Waals surface area contributed by atoms with Gasteiger partial charge in [-0.25, -0.2) is 46.4 Å². The van der Waals surface area contributed by atoms with Crippen molar-refractivity contribution in [3.63, 3.8) is 0 Å². The fourth-order valence-corrected chi connectivity index (χ4v) is 2.15. The number of rotatable bonds is 6. The summed E-state index contributed by atoms with van der Waals surface area (Å²) in [4.78, 5) is 4.05. The summed E-state index contributed by atoms with van der Waals surface area (Å²) in [5.41, 5.74) is 4.12. The highest BCUT2D eigenvalue weighted by Crippen LogP contribution is 2.15. The lowest BCUT2D eigenvalue weighted by Crippen LogP contribution is -2.68. The largest absolute Gasteiger partial charge is 0.383 e. The maximum absolute atomic E-state index is 8.49. The molecule has 0 atom stereocenters. The highest BCUT2D eigenvalue weighted by atomic mass is 35.7. The van der Waals surface area contributed by atoms with Crippen LogP contribution in [-0.4, -0.2) is 99.2 Å². The quantitative estimate of drug-likeness (QED) is 0.239. The molecule has 0 aromatic carbocycles. The van der Waals surface area contributed by atoms with Crippen molar-refractivity contribution in [2.45, 2.75) is 6.42 Å². The summed E-state index contributed by atoms with van der Waals surface area (Å²) in [5, 5.41) is 8.83. The molecule has 0 saturated carbocycles. The SMILES string of the molecule is CN(C)/C=C(/C=[N+](C)C)C1=NN=C(/C(C=[N+](C)C)=C/N(C)C)C1.[O-][Cl+3]([O-])([O-])[O-].[O-][Cl+3]([O-])([O-])[O-]. The van der Waals surface area contributed by atoms with Crippen LogP contribution in [0.25, 0.3) is 0 Å². The molecule has 0 unspecified atom stereocenters. The average molecular weight is 517 g/mol. The van der Waals surface area contributed by atoms with Gasteiger partial charge in [-0.3, -0.25) is 0 Å². The van der Waals surface area contributed by atoms with Crippen LogP contribution in [0.15, 0.2) is 33.7 Å². The molecule has 0 spiro atoms. The molecule has 1 heterocycles. The van der Waals surface area contributed by atoms with E-state index in [2.05, 4.69) is 35.0 Å². The van der Waals surface area contributed by atoms with Crippen LogP contribution in [0.5, 0.6) is 0 Å². The second-order valence-corrected chi connectivity index (χ2v) is 8.82. The first kappa shape index (κ1) is 33.2. The molecule has 0 saturated heterocycles. The van der Waals surface area contributed by atoms with Gasteiger partial charge in [0.2, 0.25) is 0 Å². The Labute approximate surface area is 197 Å². The van der Waals surface area contributed by atoms with Crippen molar-refractivity contribution in [3.05, 3.63) is 23.5 Å². The maximum Gasteiger partial charge on any atom is 0.173 e. The van der Waals surface area contributed by atoms with Crippen molar-refractivity contribution in [2.24, 2.45) is 10.2 Å². The van der Waals surface area contributed by atoms with E-state index in [0.29, 0.717) is 0 Å². The molecule has 0 aromatic rings. The zero-order valence-corrected chi connectivity index (χ0v) is 21.2. The van der Waals surface area contributed by atoms with Crippen LogP contribution in [0.1, 0.15) is 6.42 Å². The summed E-state index contributed by atoms with van der Waals surface area (Å²) in [6, 6.07) is 0. The molecule has 0 N–H and O–H groups in total. The Morgan fingerprint density at radius 3 is 1.09 bits per heavy atom. The Hall–Kier alpha value is -1.98. The van der Waals surface area contributed by atoms with E-state index in [1.165, 1.54) is 0 Å². The Balaban J connectivity index is 0. The molecule has 0 amide bonds. The number of halogens is 2. The molecule has 1 aliphatic rings. The van der Waals surface area contributed by atoms with Gasteiger partial charge < -0.3 is 9.80 Å². The molecular formula is C17H30Cl2N6O8. The molecule has 14 nitrogen and oxygen atoms in total. The second kappa shape index (κ2) is 15.0. The Morgan fingerprint density at radius 2 is 0.909 bits per heavy atom. The van der Waals surface area contributed by atoms with Crippen LogP contribution in [0, 0.1) is 20.5 Å². The summed E-state index contributed by atoms with van der Waals surface area (Å²) in [6.07, 6.45) is 9.02. The van der Waals surface area contributed by atoms with Crippen LogP contribution in [-0.2, 0) is 0 Å². The third-order valence-electron chi connectivity index (χ3n) is 2.88. The van der Waals surface area contributed by atoms with E-state index in [0.717, 1.165) is 29.0 Å². The fourth-order valence-electron chi connectivity index (χ4n) is 2.15. The minimum absolute atomic E-state index is 0.730. The molecule has 0 radical (unpaired) electrons. The van der Waals surface area contributed by atoms with Gasteiger partial charge in [0.1, 0.15) is 28.2 Å². The summed E-state index contributed by atoms with van der Waals surface area (Å²) < 4.78 is 72.0. The number of hydrogen-bond donors (Lipinski definition) is 0. The molecule has 0 bridgehead atoms. The minimum Gasteiger partial charge on any atom is -0.383 e. The number of allylic oxidation sites excluding steroid dienone is 2. The van der Waals surface area contributed by atoms with Crippen molar-refractivity contribution < 1.29 is 66.9 Å². The van der Waals surface area contributed by atoms with Gasteiger partial charge in [-0.05, 0) is 0 Å². The van der Waals surface area contributed by atoms with Gasteiger partial charge >= 0.3 is 0 Å². The van der Waals surface area contributed by atoms with Crippen molar-refractivity contribution in [1.82, 2.24) is 9.80 Å². The number of nitrogens with zero attached hydrogens (tertiary/aromatic N) is 6. The van der Waals surface area contributed by atoms with E-state index in [9.17, 15) is 0 Å². The Morgan fingerprint density at radius 1 is 0.667 bits per heavy atom. The fraction of sp³-hybridized carbons (Fsp3) is 0.529. The van der Waals surface area contributed by atoms with Gasteiger partial charge in [-0.15, -0.1) is 20.5 Å². The second-order valence-electron chi connectivity index (χ2n) is 7.31. The van der Waals surface area contributed by atoms with Gasteiger partial charge in [-0.1, -0.05) is 0 Å². The van der Waals surface area contributed by atoms with Crippen LogP contribution in [0.3, 0.4) is 0 Å². The van der Waals surface area contributed by atoms with Gasteiger partial charge in [0.05, 0.1) is 22.6 Å². The molecule has 190 valence electrons. The normalized spacial score (nSPS) is 14.1. The topological polar surface area (TPSA) is 222 Å². The average Bonchev–Trinajstić information content (AvgIpc) is 2.98. The summed E-state index contributed by atoms with van der Waals surface area (Å²) >= 11 is 0. The molecule has 0 aromatic heterocycles. The van der Waals surface area contributed by atoms with E-state index >= 15 is 0 Å². The summed E-state index contributed by atoms with van der Waals surface area (Å²) in [7, 11) is 6.21. The highest BCUT2D eigenvalue weighted by Gasteiger charge is 2.21. The maximum atomic E-state index is 8.49. The van der Waals surface area contributed by atoms with Crippen molar-refractivity contribution in [2.75, 3.05) is 56.4 Å². The van der Waals surface area contributed by atoms with Gasteiger partial charge in [0.15, 0.2) is 12.4 Å². The smallest absolute Gasteiger partial charge is 0.173 e. The molecule has 16 heteroatoms. The first-order chi connectivity index (χ1) is 14.7. The Kier molecular flexibility index (Phi) is 15.1. The zero-order valence-electron chi connectivity index (χ0n) is 19.7. The van der Waals surface area contributed by atoms with Crippen molar-refractivity contribution in [1.29, 1.82) is 0 Å². The van der Waals surface area contributed by atoms with E-state index in [1.54, 1.807) is 0 Å². The van der Waals surface area contributed by atoms with E-state index in [1.807, 2.05) is 75.3 Å². The lowest BCUT2D eigenvalue weighted by Gasteiger charge is -2.17. The molecule has 0 aliphatic carbocycles. The third kappa shape index (κ3) is 24.5. The molecule has 0 fully saturated rings.